The van der Waals surface area contributed by atoms with Crippen molar-refractivity contribution in [2.75, 3.05) is 0 Å². The highest BCUT2D eigenvalue weighted by Gasteiger charge is 2.49. The summed E-state index contributed by atoms with van der Waals surface area (Å²) in [4.78, 5) is 34.0. The van der Waals surface area contributed by atoms with Crippen LogP contribution in [-0.2, 0) is 14.4 Å². The third-order valence-corrected chi connectivity index (χ3v) is 2.98. The fraction of sp³-hybridized carbons (Fsp3) is 0.700. The molecule has 4 N–H and O–H groups in total. The largest absolute Gasteiger partial charge is 0.480 e. The number of carboxylic acid groups (broad SMARTS) is 1. The first-order valence-electron chi connectivity index (χ1n) is 5.16. The van der Waals surface area contributed by atoms with E-state index in [1.807, 2.05) is 0 Å². The molecule has 1 aliphatic heterocycles. The van der Waals surface area contributed by atoms with E-state index < -0.39 is 29.3 Å². The highest BCUT2D eigenvalue weighted by Crippen LogP contribution is 2.21. The van der Waals surface area contributed by atoms with E-state index >= 15 is 0 Å². The van der Waals surface area contributed by atoms with Gasteiger partial charge in [-0.1, -0.05) is 13.8 Å². The third-order valence-electron chi connectivity index (χ3n) is 2.98. The summed E-state index contributed by atoms with van der Waals surface area (Å²) >= 11 is 0. The van der Waals surface area contributed by atoms with Gasteiger partial charge in [0, 0.05) is 6.42 Å². The zero-order valence-electron chi connectivity index (χ0n) is 9.32. The van der Waals surface area contributed by atoms with Crippen LogP contribution in [0, 0.1) is 5.92 Å². The molecule has 2 unspecified atom stereocenters. The maximum absolute atomic E-state index is 12.0. The van der Waals surface area contributed by atoms with Gasteiger partial charge in [-0.25, -0.2) is 4.79 Å². The summed E-state index contributed by atoms with van der Waals surface area (Å²) in [6.45, 7) is 3.14. The molecule has 1 amide bonds. The molecule has 1 rings (SSSR count). The lowest BCUT2D eigenvalue weighted by Gasteiger charge is -2.29. The Balaban J connectivity index is 2.92. The van der Waals surface area contributed by atoms with Crippen molar-refractivity contribution in [1.29, 1.82) is 0 Å². The fourth-order valence-electron chi connectivity index (χ4n) is 1.74. The SMILES string of the molecule is CC(C)C(N)(C(=O)O)C(=O)C1CCC(=O)N1. The summed E-state index contributed by atoms with van der Waals surface area (Å²) in [5.41, 5.74) is 3.72. The van der Waals surface area contributed by atoms with E-state index in [1.54, 1.807) is 13.8 Å². The van der Waals surface area contributed by atoms with Gasteiger partial charge >= 0.3 is 5.97 Å². The molecular formula is C10H16N2O4. The lowest BCUT2D eigenvalue weighted by atomic mass is 9.80. The molecule has 0 bridgehead atoms. The Kier molecular flexibility index (Phi) is 3.32. The number of carbonyl (C=O) groups is 3. The summed E-state index contributed by atoms with van der Waals surface area (Å²) in [7, 11) is 0. The Morgan fingerprint density at radius 3 is 2.44 bits per heavy atom. The number of carboxylic acids is 1. The fourth-order valence-corrected chi connectivity index (χ4v) is 1.74. The Hall–Kier alpha value is -1.43. The number of amides is 1. The van der Waals surface area contributed by atoms with Crippen molar-refractivity contribution in [3.8, 4) is 0 Å². The van der Waals surface area contributed by atoms with Crippen molar-refractivity contribution in [2.45, 2.75) is 38.3 Å². The van der Waals surface area contributed by atoms with E-state index in [-0.39, 0.29) is 12.3 Å². The van der Waals surface area contributed by atoms with E-state index in [4.69, 9.17) is 10.8 Å². The van der Waals surface area contributed by atoms with Crippen LogP contribution >= 0.6 is 0 Å². The average molecular weight is 228 g/mol. The molecule has 0 radical (unpaired) electrons. The van der Waals surface area contributed by atoms with Crippen molar-refractivity contribution in [3.05, 3.63) is 0 Å². The van der Waals surface area contributed by atoms with Crippen LogP contribution in [0.4, 0.5) is 0 Å². The number of Topliss-reactive ketones (excluding diaryl/α,β-unsaturated/α-hetero) is 1. The van der Waals surface area contributed by atoms with Crippen LogP contribution in [0.1, 0.15) is 26.7 Å². The first kappa shape index (κ1) is 12.6. The zero-order chi connectivity index (χ0) is 12.5. The second-order valence-corrected chi connectivity index (χ2v) is 4.35. The van der Waals surface area contributed by atoms with E-state index in [0.29, 0.717) is 6.42 Å². The standard InChI is InChI=1S/C10H16N2O4/c1-5(2)10(11,9(15)16)8(14)6-3-4-7(13)12-6/h5-6H,3-4,11H2,1-2H3,(H,12,13)(H,15,16). The van der Waals surface area contributed by atoms with E-state index in [1.165, 1.54) is 0 Å². The minimum absolute atomic E-state index is 0.240. The van der Waals surface area contributed by atoms with Gasteiger partial charge in [0.15, 0.2) is 11.3 Å². The predicted molar refractivity (Wildman–Crippen MR) is 55.6 cm³/mol. The molecule has 1 aliphatic rings. The maximum Gasteiger partial charge on any atom is 0.331 e. The average Bonchev–Trinajstić information content (AvgIpc) is 2.61. The monoisotopic (exact) mass is 228 g/mol. The number of rotatable bonds is 4. The third kappa shape index (κ3) is 1.92. The molecule has 1 fully saturated rings. The second-order valence-electron chi connectivity index (χ2n) is 4.35. The molecule has 1 heterocycles. The number of hydrogen-bond acceptors (Lipinski definition) is 4. The van der Waals surface area contributed by atoms with E-state index in [0.717, 1.165) is 0 Å². The van der Waals surface area contributed by atoms with E-state index in [2.05, 4.69) is 5.32 Å². The van der Waals surface area contributed by atoms with Crippen molar-refractivity contribution in [2.24, 2.45) is 11.7 Å². The molecule has 1 saturated heterocycles. The van der Waals surface area contributed by atoms with Gasteiger partial charge in [0.1, 0.15) is 0 Å². The van der Waals surface area contributed by atoms with Crippen LogP contribution in [0.2, 0.25) is 0 Å². The van der Waals surface area contributed by atoms with Gasteiger partial charge in [0.25, 0.3) is 0 Å². The van der Waals surface area contributed by atoms with Gasteiger partial charge in [-0.15, -0.1) is 0 Å². The second kappa shape index (κ2) is 4.21. The van der Waals surface area contributed by atoms with Crippen LogP contribution in [-0.4, -0.2) is 34.3 Å². The van der Waals surface area contributed by atoms with E-state index in [9.17, 15) is 14.4 Å². The normalized spacial score (nSPS) is 24.0. The predicted octanol–water partition coefficient (Wildman–Crippen LogP) is -0.728. The molecule has 6 nitrogen and oxygen atoms in total. The minimum atomic E-state index is -1.93. The van der Waals surface area contributed by atoms with Gasteiger partial charge in [0.2, 0.25) is 5.91 Å². The van der Waals surface area contributed by atoms with Gasteiger partial charge in [0.05, 0.1) is 6.04 Å². The quantitative estimate of drug-likeness (QED) is 0.550. The van der Waals surface area contributed by atoms with Crippen molar-refractivity contribution >= 4 is 17.7 Å². The molecule has 0 spiro atoms. The van der Waals surface area contributed by atoms with Gasteiger partial charge < -0.3 is 16.2 Å². The minimum Gasteiger partial charge on any atom is -0.480 e. The molecule has 90 valence electrons. The maximum atomic E-state index is 12.0. The summed E-state index contributed by atoms with van der Waals surface area (Å²) in [5, 5.41) is 11.5. The van der Waals surface area contributed by atoms with Gasteiger partial charge in [-0.3, -0.25) is 9.59 Å². The molecule has 0 aromatic rings. The number of nitrogens with two attached hydrogens (primary N) is 1. The molecule has 16 heavy (non-hydrogen) atoms. The first-order chi connectivity index (χ1) is 7.30. The number of nitrogens with one attached hydrogen (secondary N) is 1. The topological polar surface area (TPSA) is 109 Å². The van der Waals surface area contributed by atoms with Crippen LogP contribution < -0.4 is 11.1 Å². The lowest BCUT2D eigenvalue weighted by Crippen LogP contribution is -2.63. The van der Waals surface area contributed by atoms with Crippen LogP contribution in [0.25, 0.3) is 0 Å². The lowest BCUT2D eigenvalue weighted by molar-refractivity contribution is -0.151. The molecule has 0 aromatic heterocycles. The smallest absolute Gasteiger partial charge is 0.331 e. The molecule has 0 saturated carbocycles. The summed E-state index contributed by atoms with van der Waals surface area (Å²) in [5.74, 6) is -2.75. The van der Waals surface area contributed by atoms with Crippen molar-refractivity contribution in [1.82, 2.24) is 5.32 Å². The van der Waals surface area contributed by atoms with Gasteiger partial charge in [-0.2, -0.15) is 0 Å². The number of carbonyl (C=O) groups excluding carboxylic acids is 2. The van der Waals surface area contributed by atoms with Crippen LogP contribution in [0.15, 0.2) is 0 Å². The summed E-state index contributed by atoms with van der Waals surface area (Å²) in [6, 6.07) is -0.768. The Labute approximate surface area is 93.2 Å². The number of aliphatic carboxylic acids is 1. The molecule has 2 atom stereocenters. The number of ketones is 1. The highest BCUT2D eigenvalue weighted by molar-refractivity contribution is 6.11. The molecule has 0 aliphatic carbocycles. The Morgan fingerprint density at radius 2 is 2.12 bits per heavy atom. The molecular weight excluding hydrogens is 212 g/mol. The molecule has 0 aromatic carbocycles. The van der Waals surface area contributed by atoms with Crippen molar-refractivity contribution in [3.63, 3.8) is 0 Å². The highest BCUT2D eigenvalue weighted by atomic mass is 16.4. The molecule has 6 heteroatoms. The first-order valence-corrected chi connectivity index (χ1v) is 5.16. The Morgan fingerprint density at radius 1 is 1.56 bits per heavy atom. The summed E-state index contributed by atoms with van der Waals surface area (Å²) < 4.78 is 0. The van der Waals surface area contributed by atoms with Gasteiger partial charge in [-0.05, 0) is 12.3 Å². The Bertz CT molecular complexity index is 340. The zero-order valence-corrected chi connectivity index (χ0v) is 9.32. The van der Waals surface area contributed by atoms with Crippen molar-refractivity contribution < 1.29 is 19.5 Å². The van der Waals surface area contributed by atoms with Crippen LogP contribution in [0.3, 0.4) is 0 Å². The number of hydrogen-bond donors (Lipinski definition) is 3. The van der Waals surface area contributed by atoms with Crippen LogP contribution in [0.5, 0.6) is 0 Å². The summed E-state index contributed by atoms with van der Waals surface area (Å²) in [6.07, 6.45) is 0.556.